The molecule has 5 rings (SSSR count). The average molecular weight is 557 g/mol. The molecule has 0 radical (unpaired) electrons. The molecule has 3 heterocycles. The highest BCUT2D eigenvalue weighted by Crippen LogP contribution is 2.31. The van der Waals surface area contributed by atoms with Crippen LogP contribution >= 0.6 is 0 Å². The standard InChI is InChI=1S/C29H38F2N6O3/c1-4-21-17-36(27-18(2)33-25(16-32-27)28(38)34-20-6-7-20)13-14-37(21)22-9-11-35(12-10-22)26(29(39)40-3)19-5-8-23(30)24(31)15-19/h5,8,15-16,20-22,26H,4,6-7,9-14,17H2,1-3H3,(H,34,38)/t21-,26+/m0/s1. The van der Waals surface area contributed by atoms with Gasteiger partial charge in [0.05, 0.1) is 19.0 Å². The topological polar surface area (TPSA) is 90.9 Å². The summed E-state index contributed by atoms with van der Waals surface area (Å²) in [5, 5.41) is 2.97. The summed E-state index contributed by atoms with van der Waals surface area (Å²) in [6, 6.07) is 3.79. The first-order chi connectivity index (χ1) is 19.3. The van der Waals surface area contributed by atoms with Crippen molar-refractivity contribution in [3.8, 4) is 0 Å². The molecule has 1 aromatic heterocycles. The van der Waals surface area contributed by atoms with E-state index in [1.54, 1.807) is 6.20 Å². The van der Waals surface area contributed by atoms with Gasteiger partial charge >= 0.3 is 5.97 Å². The third kappa shape index (κ3) is 6.10. The second-order valence-electron chi connectivity index (χ2n) is 11.0. The molecule has 216 valence electrons. The number of halogens is 2. The number of ether oxygens (including phenoxy) is 1. The number of nitrogens with one attached hydrogen (secondary N) is 1. The summed E-state index contributed by atoms with van der Waals surface area (Å²) < 4.78 is 32.5. The lowest BCUT2D eigenvalue weighted by molar-refractivity contribution is -0.148. The molecule has 0 bridgehead atoms. The fraction of sp³-hybridized carbons (Fsp3) is 0.586. The van der Waals surface area contributed by atoms with Gasteiger partial charge in [0, 0.05) is 50.8 Å². The Morgan fingerprint density at radius 1 is 1.10 bits per heavy atom. The van der Waals surface area contributed by atoms with E-state index in [9.17, 15) is 18.4 Å². The van der Waals surface area contributed by atoms with Crippen LogP contribution in [-0.2, 0) is 9.53 Å². The maximum absolute atomic E-state index is 14.0. The van der Waals surface area contributed by atoms with E-state index in [1.807, 2.05) is 11.8 Å². The molecule has 1 aromatic carbocycles. The molecule has 1 N–H and O–H groups in total. The van der Waals surface area contributed by atoms with Crippen molar-refractivity contribution in [3.05, 3.63) is 53.0 Å². The van der Waals surface area contributed by atoms with Gasteiger partial charge in [0.15, 0.2) is 11.6 Å². The monoisotopic (exact) mass is 556 g/mol. The summed E-state index contributed by atoms with van der Waals surface area (Å²) in [6.07, 6.45) is 6.32. The highest BCUT2D eigenvalue weighted by molar-refractivity contribution is 5.92. The summed E-state index contributed by atoms with van der Waals surface area (Å²) in [5.74, 6) is -1.72. The Hall–Kier alpha value is -3.18. The van der Waals surface area contributed by atoms with Crippen LogP contribution in [0.4, 0.5) is 14.6 Å². The van der Waals surface area contributed by atoms with Crippen molar-refractivity contribution in [1.29, 1.82) is 0 Å². The van der Waals surface area contributed by atoms with Gasteiger partial charge in [0.25, 0.3) is 5.91 Å². The molecule has 2 atom stereocenters. The first-order valence-corrected chi connectivity index (χ1v) is 14.2. The zero-order valence-corrected chi connectivity index (χ0v) is 23.4. The number of esters is 1. The van der Waals surface area contributed by atoms with Crippen molar-refractivity contribution in [2.24, 2.45) is 0 Å². The van der Waals surface area contributed by atoms with E-state index in [4.69, 9.17) is 4.74 Å². The first-order valence-electron chi connectivity index (χ1n) is 14.2. The van der Waals surface area contributed by atoms with E-state index < -0.39 is 23.6 Å². The Labute approximate surface area is 233 Å². The molecule has 40 heavy (non-hydrogen) atoms. The minimum atomic E-state index is -0.971. The smallest absolute Gasteiger partial charge is 0.327 e. The van der Waals surface area contributed by atoms with Gasteiger partial charge in [-0.2, -0.15) is 0 Å². The van der Waals surface area contributed by atoms with Gasteiger partial charge < -0.3 is 15.0 Å². The summed E-state index contributed by atoms with van der Waals surface area (Å²) in [6.45, 7) is 7.89. The van der Waals surface area contributed by atoms with E-state index in [0.717, 1.165) is 75.4 Å². The van der Waals surface area contributed by atoms with Crippen LogP contribution in [0.25, 0.3) is 0 Å². The maximum Gasteiger partial charge on any atom is 0.327 e. The van der Waals surface area contributed by atoms with Gasteiger partial charge in [-0.3, -0.25) is 14.6 Å². The number of carbonyl (C=O) groups is 2. The van der Waals surface area contributed by atoms with Gasteiger partial charge in [0.1, 0.15) is 17.6 Å². The van der Waals surface area contributed by atoms with Crippen LogP contribution in [0, 0.1) is 18.6 Å². The van der Waals surface area contributed by atoms with Crippen LogP contribution in [-0.4, -0.2) is 89.6 Å². The SMILES string of the molecule is CC[C@H]1CN(c2ncc(C(=O)NC3CC3)nc2C)CCN1C1CCN([C@@H](C(=O)OC)c2ccc(F)c(F)c2)CC1. The van der Waals surface area contributed by atoms with E-state index in [1.165, 1.54) is 13.2 Å². The molecule has 9 nitrogen and oxygen atoms in total. The lowest BCUT2D eigenvalue weighted by Crippen LogP contribution is -2.59. The van der Waals surface area contributed by atoms with Gasteiger partial charge in [-0.05, 0) is 56.7 Å². The third-order valence-electron chi connectivity index (χ3n) is 8.38. The van der Waals surface area contributed by atoms with Crippen LogP contribution in [0.1, 0.15) is 66.8 Å². The number of likely N-dealkylation sites (tertiary alicyclic amines) is 1. The molecule has 0 unspecified atom stereocenters. The van der Waals surface area contributed by atoms with Crippen molar-refractivity contribution in [2.45, 2.75) is 70.1 Å². The predicted molar refractivity (Wildman–Crippen MR) is 146 cm³/mol. The third-order valence-corrected chi connectivity index (χ3v) is 8.38. The Balaban J connectivity index is 1.21. The number of carbonyl (C=O) groups excluding carboxylic acids is 2. The molecular weight excluding hydrogens is 518 g/mol. The zero-order chi connectivity index (χ0) is 28.4. The largest absolute Gasteiger partial charge is 0.468 e. The summed E-state index contributed by atoms with van der Waals surface area (Å²) >= 11 is 0. The Kier molecular flexibility index (Phi) is 8.60. The van der Waals surface area contributed by atoms with Crippen LogP contribution in [0.2, 0.25) is 0 Å². The molecule has 11 heteroatoms. The van der Waals surface area contributed by atoms with Crippen molar-refractivity contribution in [1.82, 2.24) is 25.1 Å². The number of methoxy groups -OCH3 is 1. The number of rotatable bonds is 8. The van der Waals surface area contributed by atoms with Gasteiger partial charge in [-0.25, -0.2) is 23.5 Å². The number of nitrogens with zero attached hydrogens (tertiary/aromatic N) is 5. The van der Waals surface area contributed by atoms with Gasteiger partial charge in [-0.1, -0.05) is 13.0 Å². The number of aryl methyl sites for hydroxylation is 1. The van der Waals surface area contributed by atoms with Crippen molar-refractivity contribution in [2.75, 3.05) is 44.7 Å². The fourth-order valence-corrected chi connectivity index (χ4v) is 6.05. The number of hydrogen-bond acceptors (Lipinski definition) is 8. The summed E-state index contributed by atoms with van der Waals surface area (Å²) in [5.41, 5.74) is 1.52. The van der Waals surface area contributed by atoms with E-state index in [-0.39, 0.29) is 11.9 Å². The van der Waals surface area contributed by atoms with Crippen molar-refractivity contribution < 1.29 is 23.1 Å². The molecular formula is C29H38F2N6O3. The lowest BCUT2D eigenvalue weighted by Gasteiger charge is -2.48. The normalized spacial score (nSPS) is 21.7. The highest BCUT2D eigenvalue weighted by atomic mass is 19.2. The van der Waals surface area contributed by atoms with Crippen molar-refractivity contribution >= 4 is 17.7 Å². The van der Waals surface area contributed by atoms with E-state index in [2.05, 4.69) is 32.0 Å². The quantitative estimate of drug-likeness (QED) is 0.496. The molecule has 1 aliphatic carbocycles. The molecule has 2 aliphatic heterocycles. The minimum Gasteiger partial charge on any atom is -0.468 e. The van der Waals surface area contributed by atoms with Gasteiger partial charge in [-0.15, -0.1) is 0 Å². The molecule has 3 aliphatic rings. The Morgan fingerprint density at radius 2 is 1.85 bits per heavy atom. The van der Waals surface area contributed by atoms with Crippen molar-refractivity contribution in [3.63, 3.8) is 0 Å². The number of piperazine rings is 1. The van der Waals surface area contributed by atoms with E-state index in [0.29, 0.717) is 36.4 Å². The second-order valence-corrected chi connectivity index (χ2v) is 11.0. The van der Waals surface area contributed by atoms with E-state index >= 15 is 0 Å². The molecule has 2 saturated heterocycles. The van der Waals surface area contributed by atoms with Gasteiger partial charge in [0.2, 0.25) is 0 Å². The van der Waals surface area contributed by atoms with Crippen LogP contribution in [0.3, 0.4) is 0 Å². The second kappa shape index (κ2) is 12.1. The predicted octanol–water partition coefficient (Wildman–Crippen LogP) is 3.23. The first kappa shape index (κ1) is 28.4. The molecule has 2 aromatic rings. The van der Waals surface area contributed by atoms with Crippen LogP contribution < -0.4 is 10.2 Å². The minimum absolute atomic E-state index is 0.161. The van der Waals surface area contributed by atoms with Crippen LogP contribution in [0.15, 0.2) is 24.4 Å². The Morgan fingerprint density at radius 3 is 2.48 bits per heavy atom. The number of hydrogen-bond donors (Lipinski definition) is 1. The fourth-order valence-electron chi connectivity index (χ4n) is 6.05. The number of aromatic nitrogens is 2. The molecule has 1 saturated carbocycles. The van der Waals surface area contributed by atoms with Crippen LogP contribution in [0.5, 0.6) is 0 Å². The number of amides is 1. The lowest BCUT2D eigenvalue weighted by atomic mass is 9.95. The molecule has 1 amide bonds. The highest BCUT2D eigenvalue weighted by Gasteiger charge is 2.37. The molecule has 3 fully saturated rings. The Bertz CT molecular complexity index is 1230. The zero-order valence-electron chi connectivity index (χ0n) is 23.4. The number of piperidine rings is 1. The number of benzene rings is 1. The summed E-state index contributed by atoms with van der Waals surface area (Å²) in [7, 11) is 1.32. The number of anilines is 1. The summed E-state index contributed by atoms with van der Waals surface area (Å²) in [4.78, 5) is 41.1. The maximum atomic E-state index is 14.0. The molecule has 0 spiro atoms. The average Bonchev–Trinajstić information content (AvgIpc) is 3.79.